The molecule has 0 atom stereocenters. The average Bonchev–Trinajstić information content (AvgIpc) is 2.24. The van der Waals surface area contributed by atoms with Crippen molar-refractivity contribution in [2.45, 2.75) is 19.3 Å². The average molecular weight is 228 g/mol. The number of ether oxygens (including phenoxy) is 1. The second kappa shape index (κ2) is 6.26. The fraction of sp³-hybridized carbons (Fsp3) is 0.364. The summed E-state index contributed by atoms with van der Waals surface area (Å²) in [4.78, 5) is 0. The van der Waals surface area contributed by atoms with Gasteiger partial charge in [-0.25, -0.2) is 4.39 Å². The first-order chi connectivity index (χ1) is 7.25. The Bertz CT molecular complexity index is 362. The number of halogens is 2. The van der Waals surface area contributed by atoms with E-state index in [0.29, 0.717) is 13.0 Å². The summed E-state index contributed by atoms with van der Waals surface area (Å²) in [6.45, 7) is 0.402. The first-order valence-corrected chi connectivity index (χ1v) is 5.07. The molecule has 1 aromatic rings. The Balaban J connectivity index is 2.38. The van der Waals surface area contributed by atoms with Crippen molar-refractivity contribution in [2.75, 3.05) is 6.61 Å². The van der Waals surface area contributed by atoms with Crippen LogP contribution in [0.1, 0.15) is 19.3 Å². The van der Waals surface area contributed by atoms with Gasteiger partial charge in [-0.1, -0.05) is 17.7 Å². The normalized spacial score (nSPS) is 9.67. The molecule has 1 aromatic carbocycles. The van der Waals surface area contributed by atoms with Crippen LogP contribution in [0.25, 0.3) is 0 Å². The minimum Gasteiger partial charge on any atom is -0.490 e. The number of benzene rings is 1. The van der Waals surface area contributed by atoms with Crippen LogP contribution in [0.3, 0.4) is 0 Å². The van der Waals surface area contributed by atoms with E-state index in [0.717, 1.165) is 12.8 Å². The van der Waals surface area contributed by atoms with Gasteiger partial charge in [0, 0.05) is 6.42 Å². The van der Waals surface area contributed by atoms with E-state index in [-0.39, 0.29) is 10.8 Å². The molecule has 0 bridgehead atoms. The van der Waals surface area contributed by atoms with Gasteiger partial charge in [0.2, 0.25) is 0 Å². The summed E-state index contributed by atoms with van der Waals surface area (Å²) in [7, 11) is 0. The SMILES string of the molecule is N#CCCCCOc1cccc(Cl)c1F. The maximum Gasteiger partial charge on any atom is 0.183 e. The summed E-state index contributed by atoms with van der Waals surface area (Å²) in [6, 6.07) is 6.68. The lowest BCUT2D eigenvalue weighted by molar-refractivity contribution is 0.293. The maximum atomic E-state index is 13.3. The van der Waals surface area contributed by atoms with Gasteiger partial charge in [0.05, 0.1) is 17.7 Å². The van der Waals surface area contributed by atoms with E-state index in [9.17, 15) is 4.39 Å². The maximum absolute atomic E-state index is 13.3. The van der Waals surface area contributed by atoms with Gasteiger partial charge in [-0.05, 0) is 25.0 Å². The lowest BCUT2D eigenvalue weighted by Gasteiger charge is -2.06. The zero-order valence-corrected chi connectivity index (χ0v) is 8.93. The van der Waals surface area contributed by atoms with Gasteiger partial charge in [0.1, 0.15) is 0 Å². The highest BCUT2D eigenvalue weighted by Gasteiger charge is 2.06. The van der Waals surface area contributed by atoms with E-state index in [1.165, 1.54) is 12.1 Å². The molecule has 0 aliphatic heterocycles. The van der Waals surface area contributed by atoms with E-state index in [2.05, 4.69) is 0 Å². The molecule has 0 spiro atoms. The molecular formula is C11H11ClFNO. The van der Waals surface area contributed by atoms with Crippen molar-refractivity contribution in [3.8, 4) is 11.8 Å². The molecule has 2 nitrogen and oxygen atoms in total. The Kier molecular flexibility index (Phi) is 4.92. The van der Waals surface area contributed by atoms with Gasteiger partial charge in [-0.3, -0.25) is 0 Å². The van der Waals surface area contributed by atoms with Gasteiger partial charge in [-0.2, -0.15) is 5.26 Å². The van der Waals surface area contributed by atoms with Crippen molar-refractivity contribution in [2.24, 2.45) is 0 Å². The molecule has 0 N–H and O–H groups in total. The van der Waals surface area contributed by atoms with Crippen LogP contribution in [0, 0.1) is 17.1 Å². The Labute approximate surface area is 93.2 Å². The lowest BCUT2D eigenvalue weighted by Crippen LogP contribution is -1.99. The Morgan fingerprint density at radius 2 is 2.20 bits per heavy atom. The first-order valence-electron chi connectivity index (χ1n) is 4.69. The summed E-state index contributed by atoms with van der Waals surface area (Å²) in [5.41, 5.74) is 0. The second-order valence-corrected chi connectivity index (χ2v) is 3.42. The van der Waals surface area contributed by atoms with Crippen LogP contribution in [-0.2, 0) is 0 Å². The highest BCUT2D eigenvalue weighted by molar-refractivity contribution is 6.30. The quantitative estimate of drug-likeness (QED) is 0.721. The van der Waals surface area contributed by atoms with Crippen LogP contribution in [-0.4, -0.2) is 6.61 Å². The van der Waals surface area contributed by atoms with Gasteiger partial charge < -0.3 is 4.74 Å². The third-order valence-corrected chi connectivity index (χ3v) is 2.15. The van der Waals surface area contributed by atoms with Crippen molar-refractivity contribution >= 4 is 11.6 Å². The molecule has 4 heteroatoms. The molecule has 80 valence electrons. The lowest BCUT2D eigenvalue weighted by atomic mass is 10.2. The van der Waals surface area contributed by atoms with Gasteiger partial charge in [-0.15, -0.1) is 0 Å². The van der Waals surface area contributed by atoms with Crippen LogP contribution >= 0.6 is 11.6 Å². The largest absolute Gasteiger partial charge is 0.490 e. The molecular weight excluding hydrogens is 217 g/mol. The molecule has 1 rings (SSSR count). The summed E-state index contributed by atoms with van der Waals surface area (Å²) in [5, 5.41) is 8.35. The molecule has 0 amide bonds. The smallest absolute Gasteiger partial charge is 0.183 e. The first kappa shape index (κ1) is 11.8. The monoisotopic (exact) mass is 227 g/mol. The van der Waals surface area contributed by atoms with E-state index in [4.69, 9.17) is 21.6 Å². The van der Waals surface area contributed by atoms with Crippen LogP contribution in [0.15, 0.2) is 18.2 Å². The molecule has 0 unspecified atom stereocenters. The van der Waals surface area contributed by atoms with Crippen LogP contribution < -0.4 is 4.74 Å². The Morgan fingerprint density at radius 3 is 2.93 bits per heavy atom. The van der Waals surface area contributed by atoms with E-state index < -0.39 is 5.82 Å². The number of hydrogen-bond acceptors (Lipinski definition) is 2. The molecule has 0 aliphatic rings. The van der Waals surface area contributed by atoms with Crippen molar-refractivity contribution in [3.05, 3.63) is 29.0 Å². The van der Waals surface area contributed by atoms with E-state index in [1.54, 1.807) is 6.07 Å². The van der Waals surface area contributed by atoms with Crippen molar-refractivity contribution in [1.29, 1.82) is 5.26 Å². The van der Waals surface area contributed by atoms with Crippen molar-refractivity contribution in [1.82, 2.24) is 0 Å². The highest BCUT2D eigenvalue weighted by Crippen LogP contribution is 2.24. The second-order valence-electron chi connectivity index (χ2n) is 3.02. The Morgan fingerprint density at radius 1 is 1.40 bits per heavy atom. The number of nitrogens with zero attached hydrogens (tertiary/aromatic N) is 1. The third-order valence-electron chi connectivity index (χ3n) is 1.86. The fourth-order valence-electron chi connectivity index (χ4n) is 1.08. The number of rotatable bonds is 5. The minimum absolute atomic E-state index is 0.0597. The summed E-state index contributed by atoms with van der Waals surface area (Å²) < 4.78 is 18.5. The zero-order valence-electron chi connectivity index (χ0n) is 8.17. The summed E-state index contributed by atoms with van der Waals surface area (Å²) in [6.07, 6.45) is 2.00. The fourth-order valence-corrected chi connectivity index (χ4v) is 1.25. The van der Waals surface area contributed by atoms with Gasteiger partial charge in [0.15, 0.2) is 11.6 Å². The van der Waals surface area contributed by atoms with Crippen molar-refractivity contribution in [3.63, 3.8) is 0 Å². The van der Waals surface area contributed by atoms with Crippen LogP contribution in [0.4, 0.5) is 4.39 Å². The van der Waals surface area contributed by atoms with Gasteiger partial charge in [0.25, 0.3) is 0 Å². The predicted molar refractivity (Wildman–Crippen MR) is 56.4 cm³/mol. The topological polar surface area (TPSA) is 33.0 Å². The molecule has 0 aliphatic carbocycles. The molecule has 15 heavy (non-hydrogen) atoms. The number of nitriles is 1. The van der Waals surface area contributed by atoms with Crippen LogP contribution in [0.2, 0.25) is 5.02 Å². The number of hydrogen-bond donors (Lipinski definition) is 0. The Hall–Kier alpha value is -1.27. The predicted octanol–water partition coefficient (Wildman–Crippen LogP) is 3.55. The summed E-state index contributed by atoms with van der Waals surface area (Å²) >= 11 is 5.58. The van der Waals surface area contributed by atoms with Gasteiger partial charge >= 0.3 is 0 Å². The number of unbranched alkanes of at least 4 members (excludes halogenated alkanes) is 2. The van der Waals surface area contributed by atoms with E-state index >= 15 is 0 Å². The third kappa shape index (κ3) is 3.77. The molecule has 0 heterocycles. The standard InChI is InChI=1S/C11H11ClFNO/c12-9-5-4-6-10(11(9)13)15-8-3-1-2-7-14/h4-6H,1-3,8H2. The summed E-state index contributed by atoms with van der Waals surface area (Å²) in [5.74, 6) is -0.362. The highest BCUT2D eigenvalue weighted by atomic mass is 35.5. The van der Waals surface area contributed by atoms with E-state index in [1.807, 2.05) is 6.07 Å². The van der Waals surface area contributed by atoms with Crippen molar-refractivity contribution < 1.29 is 9.13 Å². The minimum atomic E-state index is -0.528. The molecule has 0 saturated carbocycles. The molecule has 0 fully saturated rings. The molecule has 0 radical (unpaired) electrons. The molecule has 0 saturated heterocycles. The van der Waals surface area contributed by atoms with Crippen LogP contribution in [0.5, 0.6) is 5.75 Å². The molecule has 0 aromatic heterocycles. The zero-order chi connectivity index (χ0) is 11.1.